The minimum atomic E-state index is -0.148. The molecule has 0 fully saturated rings. The van der Waals surface area contributed by atoms with Crippen LogP contribution in [0, 0.1) is 5.41 Å². The number of fused-ring (bicyclic) bond motifs is 1. The molecule has 0 bridgehead atoms. The van der Waals surface area contributed by atoms with Crippen LogP contribution in [-0.2, 0) is 22.5 Å². The average Bonchev–Trinajstić information content (AvgIpc) is 2.80. The van der Waals surface area contributed by atoms with Crippen molar-refractivity contribution in [2.45, 2.75) is 53.1 Å². The molecule has 0 saturated carbocycles. The highest BCUT2D eigenvalue weighted by Crippen LogP contribution is 2.19. The van der Waals surface area contributed by atoms with E-state index in [0.717, 1.165) is 44.2 Å². The Morgan fingerprint density at radius 2 is 2.04 bits per heavy atom. The molecule has 1 atom stereocenters. The van der Waals surface area contributed by atoms with Crippen LogP contribution >= 0.6 is 0 Å². The molecular formula is C17H31N5O2. The Labute approximate surface area is 144 Å². The van der Waals surface area contributed by atoms with Crippen molar-refractivity contribution in [1.29, 1.82) is 0 Å². The Morgan fingerprint density at radius 1 is 1.29 bits per heavy atom. The number of hydrogen-bond acceptors (Lipinski definition) is 5. The molecule has 1 aliphatic heterocycles. The summed E-state index contributed by atoms with van der Waals surface area (Å²) in [6.07, 6.45) is 1.26. The van der Waals surface area contributed by atoms with Gasteiger partial charge in [0.15, 0.2) is 5.82 Å². The summed E-state index contributed by atoms with van der Waals surface area (Å²) in [5, 5.41) is 11.7. The molecule has 0 aromatic carbocycles. The molecule has 2 rings (SSSR count). The minimum absolute atomic E-state index is 0.0234. The largest absolute Gasteiger partial charge is 0.384 e. The lowest BCUT2D eigenvalue weighted by atomic mass is 9.96. The molecular weight excluding hydrogens is 306 g/mol. The molecule has 1 aromatic heterocycles. The highest BCUT2D eigenvalue weighted by Gasteiger charge is 2.24. The van der Waals surface area contributed by atoms with Gasteiger partial charge in [0.05, 0.1) is 12.6 Å². The van der Waals surface area contributed by atoms with E-state index in [4.69, 9.17) is 4.74 Å². The second kappa shape index (κ2) is 8.07. The maximum absolute atomic E-state index is 11.9. The van der Waals surface area contributed by atoms with Gasteiger partial charge in [0.2, 0.25) is 5.91 Å². The number of hydrogen-bond donors (Lipinski definition) is 1. The molecule has 1 amide bonds. The molecule has 24 heavy (non-hydrogen) atoms. The number of rotatable bonds is 6. The Morgan fingerprint density at radius 3 is 2.71 bits per heavy atom. The van der Waals surface area contributed by atoms with Gasteiger partial charge >= 0.3 is 0 Å². The normalized spacial score (nSPS) is 17.2. The molecule has 0 spiro atoms. The third-order valence-corrected chi connectivity index (χ3v) is 4.14. The third-order valence-electron chi connectivity index (χ3n) is 4.14. The molecule has 1 aromatic rings. The van der Waals surface area contributed by atoms with Gasteiger partial charge in [-0.25, -0.2) is 0 Å². The Hall–Kier alpha value is -1.47. The predicted octanol–water partition coefficient (Wildman–Crippen LogP) is 1.40. The van der Waals surface area contributed by atoms with E-state index in [0.29, 0.717) is 13.0 Å². The molecule has 1 aliphatic rings. The first-order valence-electron chi connectivity index (χ1n) is 8.73. The van der Waals surface area contributed by atoms with Crippen molar-refractivity contribution >= 4 is 5.91 Å². The number of aromatic nitrogens is 3. The van der Waals surface area contributed by atoms with Crippen LogP contribution in [0.15, 0.2) is 0 Å². The summed E-state index contributed by atoms with van der Waals surface area (Å²) in [5.41, 5.74) is 0.288. The molecule has 136 valence electrons. The van der Waals surface area contributed by atoms with Crippen LogP contribution in [-0.4, -0.2) is 58.9 Å². The molecule has 1 unspecified atom stereocenters. The Balaban J connectivity index is 1.99. The number of methoxy groups -OCH3 is 1. The highest BCUT2D eigenvalue weighted by molar-refractivity contribution is 5.76. The van der Waals surface area contributed by atoms with E-state index in [-0.39, 0.29) is 17.4 Å². The zero-order valence-corrected chi connectivity index (χ0v) is 15.6. The maximum Gasteiger partial charge on any atom is 0.222 e. The fraction of sp³-hybridized carbons (Fsp3) is 0.824. The van der Waals surface area contributed by atoms with Crippen LogP contribution in [0.4, 0.5) is 0 Å². The lowest BCUT2D eigenvalue weighted by Crippen LogP contribution is -2.35. The van der Waals surface area contributed by atoms with Gasteiger partial charge < -0.3 is 19.5 Å². The van der Waals surface area contributed by atoms with E-state index < -0.39 is 0 Å². The smallest absolute Gasteiger partial charge is 0.222 e. The first-order valence-corrected chi connectivity index (χ1v) is 8.73. The van der Waals surface area contributed by atoms with E-state index >= 15 is 0 Å². The molecule has 7 nitrogen and oxygen atoms in total. The molecule has 0 saturated heterocycles. The van der Waals surface area contributed by atoms with Crippen molar-refractivity contribution in [1.82, 2.24) is 25.0 Å². The summed E-state index contributed by atoms with van der Waals surface area (Å²) in [5.74, 6) is 1.83. The summed E-state index contributed by atoms with van der Waals surface area (Å²) in [6.45, 7) is 13.1. The lowest BCUT2D eigenvalue weighted by molar-refractivity contribution is -0.122. The number of amides is 1. The van der Waals surface area contributed by atoms with Crippen molar-refractivity contribution in [3.8, 4) is 0 Å². The van der Waals surface area contributed by atoms with E-state index in [9.17, 15) is 4.79 Å². The minimum Gasteiger partial charge on any atom is -0.384 e. The van der Waals surface area contributed by atoms with Crippen molar-refractivity contribution in [2.75, 3.05) is 33.4 Å². The first kappa shape index (κ1) is 18.9. The number of nitrogens with zero attached hydrogens (tertiary/aromatic N) is 4. The van der Waals surface area contributed by atoms with Crippen LogP contribution in [0.1, 0.15) is 51.8 Å². The van der Waals surface area contributed by atoms with Crippen LogP contribution < -0.4 is 5.32 Å². The third kappa shape index (κ3) is 5.27. The summed E-state index contributed by atoms with van der Waals surface area (Å²) in [6, 6.07) is -0.148. The van der Waals surface area contributed by atoms with E-state index in [1.807, 2.05) is 6.92 Å². The molecule has 7 heteroatoms. The summed E-state index contributed by atoms with van der Waals surface area (Å²) in [4.78, 5) is 14.4. The van der Waals surface area contributed by atoms with Crippen LogP contribution in [0.5, 0.6) is 0 Å². The lowest BCUT2D eigenvalue weighted by Gasteiger charge is -2.28. The number of carbonyl (C=O) groups excluding carboxylic acids is 1. The van der Waals surface area contributed by atoms with Gasteiger partial charge in [0.25, 0.3) is 0 Å². The Kier molecular flexibility index (Phi) is 6.34. The summed E-state index contributed by atoms with van der Waals surface area (Å²) in [7, 11) is 1.60. The monoisotopic (exact) mass is 337 g/mol. The topological polar surface area (TPSA) is 72.3 Å². The van der Waals surface area contributed by atoms with Crippen molar-refractivity contribution in [3.63, 3.8) is 0 Å². The van der Waals surface area contributed by atoms with E-state index in [2.05, 4.69) is 45.8 Å². The van der Waals surface area contributed by atoms with Crippen LogP contribution in [0.3, 0.4) is 0 Å². The van der Waals surface area contributed by atoms with Crippen LogP contribution in [0.25, 0.3) is 0 Å². The summed E-state index contributed by atoms with van der Waals surface area (Å²) >= 11 is 0. The fourth-order valence-corrected chi connectivity index (χ4v) is 3.11. The first-order chi connectivity index (χ1) is 11.3. The van der Waals surface area contributed by atoms with Crippen LogP contribution in [0.2, 0.25) is 0 Å². The SMILES string of the molecule is COCCC(=O)NC(C)c1nnc2n1CCN(CC(C)(C)C)CC2. The van der Waals surface area contributed by atoms with Gasteiger partial charge in [-0.1, -0.05) is 20.8 Å². The van der Waals surface area contributed by atoms with E-state index in [1.54, 1.807) is 7.11 Å². The van der Waals surface area contributed by atoms with Gasteiger partial charge in [-0.15, -0.1) is 10.2 Å². The number of nitrogens with one attached hydrogen (secondary N) is 1. The van der Waals surface area contributed by atoms with Crippen molar-refractivity contribution in [3.05, 3.63) is 11.6 Å². The predicted molar refractivity (Wildman–Crippen MR) is 92.7 cm³/mol. The Bertz CT molecular complexity index is 550. The van der Waals surface area contributed by atoms with Gasteiger partial charge in [0.1, 0.15) is 5.82 Å². The molecule has 0 aliphatic carbocycles. The fourth-order valence-electron chi connectivity index (χ4n) is 3.11. The van der Waals surface area contributed by atoms with Crippen molar-refractivity contribution < 1.29 is 9.53 Å². The second-order valence-electron chi connectivity index (χ2n) is 7.74. The molecule has 2 heterocycles. The zero-order valence-electron chi connectivity index (χ0n) is 15.6. The van der Waals surface area contributed by atoms with Crippen molar-refractivity contribution in [2.24, 2.45) is 5.41 Å². The molecule has 1 N–H and O–H groups in total. The number of ether oxygens (including phenoxy) is 1. The van der Waals surface area contributed by atoms with Gasteiger partial charge in [-0.2, -0.15) is 0 Å². The highest BCUT2D eigenvalue weighted by atomic mass is 16.5. The standard InChI is InChI=1S/C17H31N5O2/c1-13(18-15(23)7-11-24-5)16-20-19-14-6-8-21(9-10-22(14)16)12-17(2,3)4/h13H,6-12H2,1-5H3,(H,18,23). The molecule has 0 radical (unpaired) electrons. The maximum atomic E-state index is 11.9. The van der Waals surface area contributed by atoms with Gasteiger partial charge in [-0.05, 0) is 12.3 Å². The number of carbonyl (C=O) groups is 1. The second-order valence-corrected chi connectivity index (χ2v) is 7.74. The van der Waals surface area contributed by atoms with Gasteiger partial charge in [-0.3, -0.25) is 4.79 Å². The van der Waals surface area contributed by atoms with E-state index in [1.165, 1.54) is 0 Å². The van der Waals surface area contributed by atoms with Gasteiger partial charge in [0, 0.05) is 46.1 Å². The zero-order chi connectivity index (χ0) is 17.7. The summed E-state index contributed by atoms with van der Waals surface area (Å²) < 4.78 is 7.11. The average molecular weight is 337 g/mol. The quantitative estimate of drug-likeness (QED) is 0.849.